The van der Waals surface area contributed by atoms with Gasteiger partial charge in [0.1, 0.15) is 11.6 Å². The van der Waals surface area contributed by atoms with Gasteiger partial charge >= 0.3 is 0 Å². The Morgan fingerprint density at radius 2 is 1.88 bits per heavy atom. The number of aryl methyl sites for hydroxylation is 1. The zero-order valence-electron chi connectivity index (χ0n) is 19.3. The summed E-state index contributed by atoms with van der Waals surface area (Å²) in [4.78, 5) is 42.6. The monoisotopic (exact) mass is 483 g/mol. The minimum Gasteiger partial charge on any atom is -0.359 e. The molecule has 3 aliphatic heterocycles. The summed E-state index contributed by atoms with van der Waals surface area (Å²) in [5.74, 6) is -1.96. The number of rotatable bonds is 5. The van der Waals surface area contributed by atoms with Crippen LogP contribution in [-0.2, 0) is 19.1 Å². The number of hydrogen-bond donors (Lipinski definition) is 2. The molecule has 3 heterocycles. The molecule has 5 atom stereocenters. The van der Waals surface area contributed by atoms with E-state index in [9.17, 15) is 14.4 Å². The summed E-state index contributed by atoms with van der Waals surface area (Å²) in [5, 5.41) is 6.71. The van der Waals surface area contributed by atoms with Crippen molar-refractivity contribution in [3.05, 3.63) is 40.9 Å². The van der Waals surface area contributed by atoms with Crippen LogP contribution in [0.15, 0.2) is 30.4 Å². The molecule has 5 aliphatic rings. The second-order valence-corrected chi connectivity index (χ2v) is 10.9. The third kappa shape index (κ3) is 3.39. The average Bonchev–Trinajstić information content (AvgIpc) is 3.41. The number of amides is 3. The molecule has 1 spiro atoms. The SMILES string of the molecule is Cc1ccc(NC(=O)C2[C@@H]3C=CC4(O3)C(C(=O)NC3CCCCC3)N(C3CC3)C(=O)[C@H]24)cc1Cl. The average molecular weight is 484 g/mol. The predicted molar refractivity (Wildman–Crippen MR) is 127 cm³/mol. The van der Waals surface area contributed by atoms with Crippen LogP contribution in [0.3, 0.4) is 0 Å². The van der Waals surface area contributed by atoms with E-state index < -0.39 is 29.6 Å². The molecular weight excluding hydrogens is 454 g/mol. The van der Waals surface area contributed by atoms with Gasteiger partial charge in [0.15, 0.2) is 0 Å². The minimum atomic E-state index is -1.09. The number of likely N-dealkylation sites (tertiary alicyclic amines) is 1. The molecule has 7 nitrogen and oxygen atoms in total. The first-order chi connectivity index (χ1) is 16.4. The Bertz CT molecular complexity index is 1080. The zero-order valence-corrected chi connectivity index (χ0v) is 20.0. The molecule has 2 saturated heterocycles. The number of carbonyl (C=O) groups is 3. The summed E-state index contributed by atoms with van der Waals surface area (Å²) in [6, 6.07) is 4.81. The van der Waals surface area contributed by atoms with E-state index in [2.05, 4.69) is 10.6 Å². The van der Waals surface area contributed by atoms with Crippen LogP contribution in [0.2, 0.25) is 5.02 Å². The van der Waals surface area contributed by atoms with E-state index in [4.69, 9.17) is 16.3 Å². The Kier molecular flexibility index (Phi) is 5.26. The van der Waals surface area contributed by atoms with Gasteiger partial charge in [0.2, 0.25) is 17.7 Å². The fourth-order valence-corrected chi connectivity index (χ4v) is 6.56. The Balaban J connectivity index is 1.29. The van der Waals surface area contributed by atoms with E-state index in [0.717, 1.165) is 44.1 Å². The summed E-state index contributed by atoms with van der Waals surface area (Å²) < 4.78 is 6.38. The smallest absolute Gasteiger partial charge is 0.246 e. The zero-order chi connectivity index (χ0) is 23.6. The molecule has 0 radical (unpaired) electrons. The van der Waals surface area contributed by atoms with Gasteiger partial charge in [-0.2, -0.15) is 0 Å². The molecule has 0 aromatic heterocycles. The van der Waals surface area contributed by atoms with Gasteiger partial charge in [-0.25, -0.2) is 0 Å². The first-order valence-electron chi connectivity index (χ1n) is 12.5. The molecule has 2 N–H and O–H groups in total. The van der Waals surface area contributed by atoms with Crippen molar-refractivity contribution < 1.29 is 19.1 Å². The number of ether oxygens (including phenoxy) is 1. The standard InChI is InChI=1S/C26H30ClN3O4/c1-14-7-8-16(13-18(14)27)29-23(31)20-19-11-12-26(34-19)21(20)25(33)30(17-9-10-17)22(26)24(32)28-15-5-3-2-4-6-15/h7-8,11-13,15,17,19-22H,2-6,9-10H2,1H3,(H,28,32)(H,29,31)/t19-,20?,21-,22?,26?/m0/s1. The van der Waals surface area contributed by atoms with Crippen LogP contribution in [0.25, 0.3) is 0 Å². The molecule has 6 rings (SSSR count). The van der Waals surface area contributed by atoms with Crippen LogP contribution < -0.4 is 10.6 Å². The van der Waals surface area contributed by atoms with E-state index >= 15 is 0 Å². The van der Waals surface area contributed by atoms with Crippen molar-refractivity contribution >= 4 is 35.0 Å². The van der Waals surface area contributed by atoms with Crippen molar-refractivity contribution in [2.75, 3.05) is 5.32 Å². The number of carbonyl (C=O) groups excluding carboxylic acids is 3. The second-order valence-electron chi connectivity index (χ2n) is 10.5. The normalized spacial score (nSPS) is 34.4. The minimum absolute atomic E-state index is 0.0465. The van der Waals surface area contributed by atoms with Crippen molar-refractivity contribution in [3.63, 3.8) is 0 Å². The molecule has 2 bridgehead atoms. The summed E-state index contributed by atoms with van der Waals surface area (Å²) in [7, 11) is 0. The number of nitrogens with zero attached hydrogens (tertiary/aromatic N) is 1. The number of benzene rings is 1. The van der Waals surface area contributed by atoms with E-state index in [-0.39, 0.29) is 29.8 Å². The molecule has 1 aromatic carbocycles. The van der Waals surface area contributed by atoms with Gasteiger partial charge in [0, 0.05) is 22.8 Å². The summed E-state index contributed by atoms with van der Waals surface area (Å²) in [6.45, 7) is 1.90. The lowest BCUT2D eigenvalue weighted by Gasteiger charge is -2.34. The van der Waals surface area contributed by atoms with Gasteiger partial charge in [-0.05, 0) is 50.3 Å². The van der Waals surface area contributed by atoms with Crippen LogP contribution in [0.5, 0.6) is 0 Å². The van der Waals surface area contributed by atoms with Gasteiger partial charge in [-0.3, -0.25) is 14.4 Å². The van der Waals surface area contributed by atoms with Gasteiger partial charge in [0.25, 0.3) is 0 Å². The highest BCUT2D eigenvalue weighted by atomic mass is 35.5. The predicted octanol–water partition coefficient (Wildman–Crippen LogP) is 3.35. The van der Waals surface area contributed by atoms with Gasteiger partial charge in [-0.15, -0.1) is 0 Å². The Labute approximate surface area is 204 Å². The molecule has 2 aliphatic carbocycles. The van der Waals surface area contributed by atoms with Crippen molar-refractivity contribution in [1.82, 2.24) is 10.2 Å². The topological polar surface area (TPSA) is 87.7 Å². The van der Waals surface area contributed by atoms with Crippen molar-refractivity contribution in [1.29, 1.82) is 0 Å². The molecule has 3 unspecified atom stereocenters. The Morgan fingerprint density at radius 3 is 2.59 bits per heavy atom. The van der Waals surface area contributed by atoms with Crippen LogP contribution in [0.1, 0.15) is 50.5 Å². The van der Waals surface area contributed by atoms with E-state index in [0.29, 0.717) is 10.7 Å². The van der Waals surface area contributed by atoms with E-state index in [1.165, 1.54) is 6.42 Å². The molecule has 3 amide bonds. The maximum Gasteiger partial charge on any atom is 0.246 e. The Morgan fingerprint density at radius 1 is 1.12 bits per heavy atom. The molecule has 2 saturated carbocycles. The highest BCUT2D eigenvalue weighted by molar-refractivity contribution is 6.31. The summed E-state index contributed by atoms with van der Waals surface area (Å²) >= 11 is 6.23. The van der Waals surface area contributed by atoms with Crippen LogP contribution in [0, 0.1) is 18.8 Å². The molecule has 180 valence electrons. The van der Waals surface area contributed by atoms with Crippen molar-refractivity contribution in [2.45, 2.75) is 81.7 Å². The Hall–Kier alpha value is -2.38. The maximum atomic E-state index is 13.8. The van der Waals surface area contributed by atoms with Crippen LogP contribution in [-0.4, -0.2) is 52.5 Å². The third-order valence-corrected chi connectivity index (χ3v) is 8.60. The van der Waals surface area contributed by atoms with Crippen LogP contribution in [0.4, 0.5) is 5.69 Å². The highest BCUT2D eigenvalue weighted by Crippen LogP contribution is 2.57. The van der Waals surface area contributed by atoms with Gasteiger partial charge in [0.05, 0.1) is 17.9 Å². The van der Waals surface area contributed by atoms with Crippen molar-refractivity contribution in [2.24, 2.45) is 11.8 Å². The number of hydrogen-bond acceptors (Lipinski definition) is 4. The van der Waals surface area contributed by atoms with E-state index in [1.54, 1.807) is 17.0 Å². The fourth-order valence-electron chi connectivity index (χ4n) is 6.38. The maximum absolute atomic E-state index is 13.8. The van der Waals surface area contributed by atoms with Crippen LogP contribution >= 0.6 is 11.6 Å². The van der Waals surface area contributed by atoms with Crippen molar-refractivity contribution in [3.8, 4) is 0 Å². The lowest BCUT2D eigenvalue weighted by Crippen LogP contribution is -2.57. The third-order valence-electron chi connectivity index (χ3n) is 8.19. The highest BCUT2D eigenvalue weighted by Gasteiger charge is 2.74. The molecule has 34 heavy (non-hydrogen) atoms. The number of anilines is 1. The van der Waals surface area contributed by atoms with E-state index in [1.807, 2.05) is 25.1 Å². The molecule has 4 fully saturated rings. The lowest BCUT2D eigenvalue weighted by atomic mass is 9.74. The van der Waals surface area contributed by atoms with Gasteiger partial charge < -0.3 is 20.3 Å². The number of nitrogens with one attached hydrogen (secondary N) is 2. The molecule has 8 heteroatoms. The number of halogens is 1. The summed E-state index contributed by atoms with van der Waals surface area (Å²) in [5.41, 5.74) is 0.413. The quantitative estimate of drug-likeness (QED) is 0.629. The summed E-state index contributed by atoms with van der Waals surface area (Å²) in [6.07, 6.45) is 10.3. The fraction of sp³-hybridized carbons (Fsp3) is 0.577. The molecule has 1 aromatic rings. The first-order valence-corrected chi connectivity index (χ1v) is 12.8. The second kappa shape index (κ2) is 8.09. The number of fused-ring (bicyclic) bond motifs is 1. The first kappa shape index (κ1) is 22.1. The van der Waals surface area contributed by atoms with Gasteiger partial charge in [-0.1, -0.05) is 49.1 Å². The lowest BCUT2D eigenvalue weighted by molar-refractivity contribution is -0.142. The largest absolute Gasteiger partial charge is 0.359 e. The molecular formula is C26H30ClN3O4.